The number of nitrogens with zero attached hydrogens (tertiary/aromatic N) is 2. The predicted molar refractivity (Wildman–Crippen MR) is 55.0 cm³/mol. The van der Waals surface area contributed by atoms with Crippen LogP contribution in [0, 0.1) is 0 Å². The van der Waals surface area contributed by atoms with E-state index in [1.165, 1.54) is 14.0 Å². The molecule has 6 heteroatoms. The van der Waals surface area contributed by atoms with Gasteiger partial charge in [0.2, 0.25) is 5.91 Å². The van der Waals surface area contributed by atoms with E-state index < -0.39 is 6.03 Å². The number of ether oxygens (including phenoxy) is 1. The molecule has 0 spiro atoms. The lowest BCUT2D eigenvalue weighted by Gasteiger charge is -2.03. The third-order valence-electron chi connectivity index (χ3n) is 2.06. The molecule has 0 radical (unpaired) electrons. The summed E-state index contributed by atoms with van der Waals surface area (Å²) in [5.41, 5.74) is 0.456. The van der Waals surface area contributed by atoms with Gasteiger partial charge in [-0.3, -0.25) is 4.79 Å². The van der Waals surface area contributed by atoms with Crippen LogP contribution in [0.2, 0.25) is 0 Å². The number of urea groups is 1. The fraction of sp³-hybridized carbons (Fsp3) is 0.200. The van der Waals surface area contributed by atoms with Crippen LogP contribution in [0.4, 0.5) is 10.5 Å². The maximum Gasteiger partial charge on any atom is 0.368 e. The lowest BCUT2D eigenvalue weighted by atomic mass is 10.2. The topological polar surface area (TPSA) is 80.1 Å². The third-order valence-corrected chi connectivity index (χ3v) is 2.06. The summed E-state index contributed by atoms with van der Waals surface area (Å²) in [6.45, 7) is 1.38. The number of rotatable bonds is 2. The van der Waals surface area contributed by atoms with Gasteiger partial charge < -0.3 is 10.1 Å². The van der Waals surface area contributed by atoms with Gasteiger partial charge in [0.15, 0.2) is 0 Å². The quantitative estimate of drug-likeness (QED) is 0.761. The van der Waals surface area contributed by atoms with E-state index in [1.54, 1.807) is 12.1 Å². The lowest BCUT2D eigenvalue weighted by Crippen LogP contribution is -2.28. The molecule has 82 valence electrons. The molecule has 1 aliphatic rings. The average Bonchev–Trinajstić information content (AvgIpc) is 2.59. The molecule has 0 bridgehead atoms. The van der Waals surface area contributed by atoms with Gasteiger partial charge in [0, 0.05) is 6.92 Å². The van der Waals surface area contributed by atoms with Crippen LogP contribution >= 0.6 is 0 Å². The number of anilines is 1. The van der Waals surface area contributed by atoms with Crippen LogP contribution in [0.3, 0.4) is 0 Å². The van der Waals surface area contributed by atoms with Gasteiger partial charge >= 0.3 is 6.03 Å². The molecular weight excluding hydrogens is 210 g/mol. The van der Waals surface area contributed by atoms with Crippen molar-refractivity contribution in [1.29, 1.82) is 0 Å². The number of benzene rings is 1. The number of fused-ring (bicyclic) bond motifs is 1. The van der Waals surface area contributed by atoms with E-state index in [1.807, 2.05) is 0 Å². The van der Waals surface area contributed by atoms with Gasteiger partial charge in [-0.25, -0.2) is 4.79 Å². The molecule has 0 fully saturated rings. The van der Waals surface area contributed by atoms with Crippen molar-refractivity contribution in [2.45, 2.75) is 6.92 Å². The number of methoxy groups -OCH3 is 1. The molecule has 1 aromatic rings. The van der Waals surface area contributed by atoms with Gasteiger partial charge in [-0.2, -0.15) is 9.98 Å². The molecule has 0 unspecified atom stereocenters. The van der Waals surface area contributed by atoms with Crippen molar-refractivity contribution >= 4 is 17.6 Å². The van der Waals surface area contributed by atoms with Gasteiger partial charge in [0.25, 0.3) is 0 Å². The maximum atomic E-state index is 11.1. The molecule has 0 atom stereocenters. The van der Waals surface area contributed by atoms with E-state index >= 15 is 0 Å². The highest BCUT2D eigenvalue weighted by atomic mass is 16.5. The molecule has 1 heterocycles. The third kappa shape index (κ3) is 1.65. The first-order chi connectivity index (χ1) is 7.61. The Labute approximate surface area is 90.7 Å². The Balaban J connectivity index is 2.67. The lowest BCUT2D eigenvalue weighted by molar-refractivity contribution is -0.114. The van der Waals surface area contributed by atoms with Crippen molar-refractivity contribution in [2.75, 3.05) is 12.4 Å². The molecule has 2 rings (SSSR count). The minimum Gasteiger partial charge on any atom is -0.494 e. The van der Waals surface area contributed by atoms with Crippen molar-refractivity contribution < 1.29 is 14.3 Å². The van der Waals surface area contributed by atoms with Crippen LogP contribution in [0.1, 0.15) is 6.92 Å². The van der Waals surface area contributed by atoms with E-state index in [0.29, 0.717) is 22.2 Å². The van der Waals surface area contributed by atoms with Gasteiger partial charge in [-0.05, 0) is 12.1 Å². The molecule has 3 amide bonds. The van der Waals surface area contributed by atoms with E-state index in [4.69, 9.17) is 4.74 Å². The summed E-state index contributed by atoms with van der Waals surface area (Å²) in [6.07, 6.45) is 0. The predicted octanol–water partition coefficient (Wildman–Crippen LogP) is 0.0264. The monoisotopic (exact) mass is 219 g/mol. The molecule has 0 saturated carbocycles. The summed E-state index contributed by atoms with van der Waals surface area (Å²) < 4.78 is 5.05. The standard InChI is InChI=1S/C10H9N3O3/c1-5(14)11-6-3-4-7(16-2)9-8(6)12-10(15)13-9/h3-4H,1-2H3,(H,11,14). The van der Waals surface area contributed by atoms with Gasteiger partial charge in [0.1, 0.15) is 16.5 Å². The van der Waals surface area contributed by atoms with Crippen LogP contribution < -0.4 is 20.8 Å². The van der Waals surface area contributed by atoms with Crippen molar-refractivity contribution in [3.8, 4) is 5.75 Å². The Bertz CT molecular complexity index is 592. The first kappa shape index (κ1) is 10.3. The summed E-state index contributed by atoms with van der Waals surface area (Å²) in [5.74, 6) is 0.223. The van der Waals surface area contributed by atoms with E-state index in [9.17, 15) is 9.59 Å². The first-order valence-electron chi connectivity index (χ1n) is 4.58. The van der Waals surface area contributed by atoms with Crippen molar-refractivity contribution in [3.63, 3.8) is 0 Å². The number of hydrogen-bond acceptors (Lipinski definition) is 3. The Hall–Kier alpha value is -2.24. The Morgan fingerprint density at radius 1 is 1.31 bits per heavy atom. The molecule has 0 saturated heterocycles. The molecule has 0 aromatic heterocycles. The van der Waals surface area contributed by atoms with Crippen molar-refractivity contribution in [2.24, 2.45) is 9.98 Å². The van der Waals surface area contributed by atoms with Crippen LogP contribution in [0.15, 0.2) is 22.1 Å². The number of carbonyl (C=O) groups is 2. The van der Waals surface area contributed by atoms with Crippen LogP contribution in [0.5, 0.6) is 5.75 Å². The normalized spacial score (nSPS) is 12.5. The molecular formula is C10H9N3O3. The van der Waals surface area contributed by atoms with E-state index in [2.05, 4.69) is 15.3 Å². The van der Waals surface area contributed by atoms with Crippen LogP contribution in [0.25, 0.3) is 0 Å². The first-order valence-corrected chi connectivity index (χ1v) is 4.58. The fourth-order valence-corrected chi connectivity index (χ4v) is 1.45. The summed E-state index contributed by atoms with van der Waals surface area (Å²) >= 11 is 0. The number of hydrogen-bond donors (Lipinski definition) is 1. The van der Waals surface area contributed by atoms with Crippen molar-refractivity contribution in [1.82, 2.24) is 0 Å². The molecule has 1 aromatic carbocycles. The zero-order valence-corrected chi connectivity index (χ0v) is 8.77. The van der Waals surface area contributed by atoms with Crippen LogP contribution in [-0.2, 0) is 4.79 Å². The zero-order chi connectivity index (χ0) is 11.7. The zero-order valence-electron chi connectivity index (χ0n) is 8.77. The minimum absolute atomic E-state index is 0.234. The maximum absolute atomic E-state index is 11.1. The second kappa shape index (κ2) is 3.73. The van der Waals surface area contributed by atoms with E-state index in [-0.39, 0.29) is 5.91 Å². The van der Waals surface area contributed by atoms with E-state index in [0.717, 1.165) is 0 Å². The van der Waals surface area contributed by atoms with Gasteiger partial charge in [-0.15, -0.1) is 0 Å². The highest BCUT2D eigenvalue weighted by molar-refractivity contribution is 5.89. The van der Waals surface area contributed by atoms with Gasteiger partial charge in [0.05, 0.1) is 12.8 Å². The summed E-state index contributed by atoms with van der Waals surface area (Å²) in [4.78, 5) is 29.5. The highest BCUT2D eigenvalue weighted by Crippen LogP contribution is 2.07. The second-order valence-electron chi connectivity index (χ2n) is 3.20. The largest absolute Gasteiger partial charge is 0.494 e. The summed E-state index contributed by atoms with van der Waals surface area (Å²) in [6, 6.07) is 2.66. The highest BCUT2D eigenvalue weighted by Gasteiger charge is 2.13. The Morgan fingerprint density at radius 2 is 2.00 bits per heavy atom. The second-order valence-corrected chi connectivity index (χ2v) is 3.20. The number of nitrogens with one attached hydrogen (secondary N) is 1. The average molecular weight is 219 g/mol. The summed E-state index contributed by atoms with van der Waals surface area (Å²) in [7, 11) is 1.48. The number of carbonyl (C=O) groups excluding carboxylic acids is 2. The summed E-state index contributed by atoms with van der Waals surface area (Å²) in [5, 5.41) is 3.28. The molecule has 6 nitrogen and oxygen atoms in total. The Morgan fingerprint density at radius 3 is 2.62 bits per heavy atom. The minimum atomic E-state index is -0.592. The molecule has 1 N–H and O–H groups in total. The fourth-order valence-electron chi connectivity index (χ4n) is 1.45. The SMILES string of the molecule is COc1ccc(NC(C)=O)c2c1=NC(=O)N=2. The molecule has 16 heavy (non-hydrogen) atoms. The Kier molecular flexibility index (Phi) is 2.40. The molecule has 1 aliphatic heterocycles. The smallest absolute Gasteiger partial charge is 0.368 e. The number of amides is 3. The molecule has 0 aliphatic carbocycles. The van der Waals surface area contributed by atoms with Crippen molar-refractivity contribution in [3.05, 3.63) is 22.8 Å². The van der Waals surface area contributed by atoms with Gasteiger partial charge in [-0.1, -0.05) is 0 Å². The van der Waals surface area contributed by atoms with Crippen LogP contribution in [-0.4, -0.2) is 19.0 Å².